The van der Waals surface area contributed by atoms with Gasteiger partial charge in [0.1, 0.15) is 12.6 Å². The van der Waals surface area contributed by atoms with Crippen molar-refractivity contribution in [2.75, 3.05) is 10.8 Å². The van der Waals surface area contributed by atoms with Crippen LogP contribution >= 0.6 is 34.8 Å². The van der Waals surface area contributed by atoms with Crippen molar-refractivity contribution in [3.63, 3.8) is 0 Å². The fourth-order valence-electron chi connectivity index (χ4n) is 3.88. The smallest absolute Gasteiger partial charge is 0.264 e. The molecule has 2 amide bonds. The highest BCUT2D eigenvalue weighted by Gasteiger charge is 2.33. The van der Waals surface area contributed by atoms with Gasteiger partial charge in [-0.15, -0.1) is 0 Å². The molecule has 7 nitrogen and oxygen atoms in total. The van der Waals surface area contributed by atoms with Gasteiger partial charge in [0.05, 0.1) is 10.6 Å². The molecule has 1 N–H and O–H groups in total. The quantitative estimate of drug-likeness (QED) is 0.265. The van der Waals surface area contributed by atoms with E-state index in [1.54, 1.807) is 49.4 Å². The third kappa shape index (κ3) is 7.69. The van der Waals surface area contributed by atoms with Gasteiger partial charge in [0, 0.05) is 33.2 Å². The van der Waals surface area contributed by atoms with Gasteiger partial charge in [-0.25, -0.2) is 8.42 Å². The van der Waals surface area contributed by atoms with Crippen LogP contribution in [0.25, 0.3) is 0 Å². The minimum Gasteiger partial charge on any atom is -0.352 e. The minimum absolute atomic E-state index is 0.0338. The first-order valence-corrected chi connectivity index (χ1v) is 15.3. The molecule has 0 radical (unpaired) electrons. The summed E-state index contributed by atoms with van der Waals surface area (Å²) >= 11 is 18.8. The molecule has 11 heteroatoms. The first-order valence-electron chi connectivity index (χ1n) is 12.7. The molecule has 0 saturated carbocycles. The molecule has 0 aliphatic rings. The molecule has 3 rings (SSSR count). The zero-order valence-corrected chi connectivity index (χ0v) is 25.8. The summed E-state index contributed by atoms with van der Waals surface area (Å²) in [5, 5.41) is 3.91. The molecule has 214 valence electrons. The minimum atomic E-state index is -4.20. The lowest BCUT2D eigenvalue weighted by atomic mass is 10.1. The Morgan fingerprint density at radius 2 is 1.48 bits per heavy atom. The van der Waals surface area contributed by atoms with Crippen LogP contribution in [0.1, 0.15) is 38.3 Å². The molecule has 0 aromatic heterocycles. The van der Waals surface area contributed by atoms with Gasteiger partial charge in [0.15, 0.2) is 0 Å². The maximum atomic E-state index is 14.0. The van der Waals surface area contributed by atoms with E-state index in [9.17, 15) is 18.0 Å². The van der Waals surface area contributed by atoms with Crippen molar-refractivity contribution in [2.45, 2.75) is 57.6 Å². The van der Waals surface area contributed by atoms with E-state index >= 15 is 0 Å². The number of halogens is 3. The summed E-state index contributed by atoms with van der Waals surface area (Å²) in [4.78, 5) is 28.4. The number of benzene rings is 3. The van der Waals surface area contributed by atoms with Gasteiger partial charge in [-0.2, -0.15) is 0 Å². The number of nitrogens with zero attached hydrogens (tertiary/aromatic N) is 2. The lowest BCUT2D eigenvalue weighted by Gasteiger charge is -2.33. The molecule has 0 aliphatic carbocycles. The van der Waals surface area contributed by atoms with Gasteiger partial charge < -0.3 is 10.2 Å². The Morgan fingerprint density at radius 1 is 0.900 bits per heavy atom. The average Bonchev–Trinajstić information content (AvgIpc) is 2.91. The highest BCUT2D eigenvalue weighted by atomic mass is 35.5. The number of aryl methyl sites for hydroxylation is 1. The number of anilines is 1. The molecule has 3 aromatic carbocycles. The topological polar surface area (TPSA) is 86.8 Å². The molecular weight excluding hydrogens is 593 g/mol. The van der Waals surface area contributed by atoms with Gasteiger partial charge in [-0.3, -0.25) is 13.9 Å². The van der Waals surface area contributed by atoms with Crippen LogP contribution in [0.4, 0.5) is 5.69 Å². The molecule has 0 aliphatic heterocycles. The number of amides is 2. The van der Waals surface area contributed by atoms with Gasteiger partial charge >= 0.3 is 0 Å². The van der Waals surface area contributed by atoms with Crippen molar-refractivity contribution in [2.24, 2.45) is 0 Å². The largest absolute Gasteiger partial charge is 0.352 e. The summed E-state index contributed by atoms with van der Waals surface area (Å²) in [6, 6.07) is 16.4. The monoisotopic (exact) mass is 623 g/mol. The fourth-order valence-corrected chi connectivity index (χ4v) is 5.93. The zero-order chi connectivity index (χ0) is 29.6. The Kier molecular flexibility index (Phi) is 10.9. The molecule has 0 spiro atoms. The van der Waals surface area contributed by atoms with E-state index in [1.807, 2.05) is 20.8 Å². The number of sulfonamides is 1. The van der Waals surface area contributed by atoms with Crippen molar-refractivity contribution < 1.29 is 18.0 Å². The van der Waals surface area contributed by atoms with Crippen LogP contribution < -0.4 is 9.62 Å². The summed E-state index contributed by atoms with van der Waals surface area (Å²) < 4.78 is 28.7. The van der Waals surface area contributed by atoms with Crippen molar-refractivity contribution >= 4 is 62.3 Å². The van der Waals surface area contributed by atoms with Crippen molar-refractivity contribution in [1.82, 2.24) is 10.2 Å². The highest BCUT2D eigenvalue weighted by Crippen LogP contribution is 2.29. The Bertz CT molecular complexity index is 1430. The molecular formula is C29H32Cl3N3O4S. The lowest BCUT2D eigenvalue weighted by molar-refractivity contribution is -0.139. The second kappa shape index (κ2) is 13.7. The molecule has 0 saturated heterocycles. The number of nitrogens with one attached hydrogen (secondary N) is 1. The van der Waals surface area contributed by atoms with Crippen molar-refractivity contribution in [3.8, 4) is 0 Å². The maximum Gasteiger partial charge on any atom is 0.264 e. The number of hydrogen-bond donors (Lipinski definition) is 1. The van der Waals surface area contributed by atoms with Crippen molar-refractivity contribution in [3.05, 3.63) is 92.9 Å². The van der Waals surface area contributed by atoms with E-state index < -0.39 is 28.5 Å². The van der Waals surface area contributed by atoms with Crippen molar-refractivity contribution in [1.29, 1.82) is 0 Å². The Morgan fingerprint density at radius 3 is 2.02 bits per heavy atom. The first kappa shape index (κ1) is 31.7. The number of carbonyl (C=O) groups excluding carboxylic acids is 2. The molecule has 0 bridgehead atoms. The highest BCUT2D eigenvalue weighted by molar-refractivity contribution is 7.92. The molecule has 0 heterocycles. The maximum absolute atomic E-state index is 14.0. The van der Waals surface area contributed by atoms with Gasteiger partial charge in [0.25, 0.3) is 10.0 Å². The summed E-state index contributed by atoms with van der Waals surface area (Å²) in [6.07, 6.45) is 0.698. The Hall–Kier alpha value is -2.78. The fraction of sp³-hybridized carbons (Fsp3) is 0.310. The van der Waals surface area contributed by atoms with E-state index in [-0.39, 0.29) is 23.4 Å². The SMILES string of the molecule is CCC(C)NC(=O)C(C)N(Cc1c(Cl)cccc1Cl)C(=O)CN(c1ccc(C)cc1)S(=O)(=O)c1ccc(Cl)cc1. The number of hydrogen-bond acceptors (Lipinski definition) is 4. The second-order valence-electron chi connectivity index (χ2n) is 9.52. The van der Waals surface area contributed by atoms with E-state index in [2.05, 4.69) is 5.32 Å². The van der Waals surface area contributed by atoms with E-state index in [0.29, 0.717) is 32.7 Å². The summed E-state index contributed by atoms with van der Waals surface area (Å²) in [5.74, 6) is -0.991. The van der Waals surface area contributed by atoms with Crippen LogP contribution in [-0.4, -0.2) is 43.8 Å². The van der Waals surface area contributed by atoms with Gasteiger partial charge in [0.2, 0.25) is 11.8 Å². The summed E-state index contributed by atoms with van der Waals surface area (Å²) in [6.45, 7) is 6.58. The number of rotatable bonds is 11. The molecule has 2 atom stereocenters. The van der Waals surface area contributed by atoms with E-state index in [4.69, 9.17) is 34.8 Å². The number of carbonyl (C=O) groups is 2. The molecule has 2 unspecified atom stereocenters. The Labute approximate surface area is 251 Å². The molecule has 0 fully saturated rings. The molecule has 40 heavy (non-hydrogen) atoms. The first-order chi connectivity index (χ1) is 18.8. The van der Waals surface area contributed by atoms with Crippen LogP contribution in [0.3, 0.4) is 0 Å². The lowest BCUT2D eigenvalue weighted by Crippen LogP contribution is -2.52. The van der Waals surface area contributed by atoms with Crippen LogP contribution in [0.15, 0.2) is 71.6 Å². The third-order valence-corrected chi connectivity index (χ3v) is 9.31. The van der Waals surface area contributed by atoms with E-state index in [0.717, 1.165) is 9.87 Å². The normalized spacial score (nSPS) is 12.9. The van der Waals surface area contributed by atoms with Crippen LogP contribution in [0.5, 0.6) is 0 Å². The Balaban J connectivity index is 2.06. The predicted molar refractivity (Wildman–Crippen MR) is 162 cm³/mol. The average molecular weight is 625 g/mol. The summed E-state index contributed by atoms with van der Waals surface area (Å²) in [7, 11) is -4.20. The third-order valence-electron chi connectivity index (χ3n) is 6.56. The van der Waals surface area contributed by atoms with Gasteiger partial charge in [-0.1, -0.05) is 65.5 Å². The van der Waals surface area contributed by atoms with Crippen LogP contribution in [0, 0.1) is 6.92 Å². The molecule has 3 aromatic rings. The van der Waals surface area contributed by atoms with E-state index in [1.165, 1.54) is 29.2 Å². The van der Waals surface area contributed by atoms with Gasteiger partial charge in [-0.05, 0) is 75.7 Å². The second-order valence-corrected chi connectivity index (χ2v) is 12.6. The summed E-state index contributed by atoms with van der Waals surface area (Å²) in [5.41, 5.74) is 1.66. The standard InChI is InChI=1S/C29H32Cl3N3O4S/c1-5-20(3)33-29(37)21(4)34(17-25-26(31)7-6-8-27(25)32)28(36)18-35(23-13-9-19(2)10-14-23)40(38,39)24-15-11-22(30)12-16-24/h6-16,20-21H,5,17-18H2,1-4H3,(H,33,37). The predicted octanol–water partition coefficient (Wildman–Crippen LogP) is 6.48. The van der Waals surface area contributed by atoms with Crippen LogP contribution in [0.2, 0.25) is 15.1 Å². The zero-order valence-electron chi connectivity index (χ0n) is 22.7. The van der Waals surface area contributed by atoms with Crippen LogP contribution in [-0.2, 0) is 26.2 Å².